The summed E-state index contributed by atoms with van der Waals surface area (Å²) in [6.07, 6.45) is 4.92. The van der Waals surface area contributed by atoms with Gasteiger partial charge < -0.3 is 25.6 Å². The van der Waals surface area contributed by atoms with Gasteiger partial charge in [0.15, 0.2) is 0 Å². The predicted molar refractivity (Wildman–Crippen MR) is 110 cm³/mol. The number of carbonyl (C=O) groups is 3. The molecule has 1 aromatic rings. The number of nitrogens with two attached hydrogens (primary N) is 1. The third-order valence-corrected chi connectivity index (χ3v) is 5.47. The van der Waals surface area contributed by atoms with Crippen LogP contribution < -0.4 is 11.1 Å². The largest absolute Gasteiger partial charge is 0.465 e. The average Bonchev–Trinajstić information content (AvgIpc) is 2.77. The summed E-state index contributed by atoms with van der Waals surface area (Å²) in [7, 11) is 1.30. The van der Waals surface area contributed by atoms with Gasteiger partial charge in [-0.1, -0.05) is 44.2 Å². The van der Waals surface area contributed by atoms with Gasteiger partial charge in [-0.15, -0.1) is 0 Å². The van der Waals surface area contributed by atoms with Crippen LogP contribution in [-0.4, -0.2) is 48.2 Å². The normalized spacial score (nSPS) is 17.5. The maximum Gasteiger partial charge on any atom is 0.337 e. The van der Waals surface area contributed by atoms with E-state index >= 15 is 0 Å². The highest BCUT2D eigenvalue weighted by atomic mass is 16.5. The van der Waals surface area contributed by atoms with E-state index < -0.39 is 36.0 Å². The number of methoxy groups -OCH3 is 1. The Morgan fingerprint density at radius 2 is 1.80 bits per heavy atom. The number of carbonyl (C=O) groups excluding carboxylic acids is 3. The maximum absolute atomic E-state index is 12.3. The van der Waals surface area contributed by atoms with E-state index in [-0.39, 0.29) is 6.61 Å². The fourth-order valence-electron chi connectivity index (χ4n) is 3.62. The molecule has 0 heterocycles. The summed E-state index contributed by atoms with van der Waals surface area (Å²) in [4.78, 5) is 35.8. The minimum absolute atomic E-state index is 0.00968. The van der Waals surface area contributed by atoms with Gasteiger partial charge in [0.1, 0.15) is 18.8 Å². The topological polar surface area (TPSA) is 128 Å². The van der Waals surface area contributed by atoms with Gasteiger partial charge in [0.25, 0.3) is 5.91 Å². The van der Waals surface area contributed by atoms with E-state index in [1.165, 1.54) is 20.5 Å². The number of esters is 2. The summed E-state index contributed by atoms with van der Waals surface area (Å²) in [5.74, 6) is -1.32. The highest BCUT2D eigenvalue weighted by Crippen LogP contribution is 2.27. The number of hydrogen-bond acceptors (Lipinski definition) is 7. The lowest BCUT2D eigenvalue weighted by Crippen LogP contribution is -2.51. The minimum atomic E-state index is -1.37. The summed E-state index contributed by atoms with van der Waals surface area (Å²) in [6.45, 7) is 1.48. The molecule has 0 aromatic heterocycles. The first-order valence-electron chi connectivity index (χ1n) is 10.4. The molecular weight excluding hydrogens is 388 g/mol. The van der Waals surface area contributed by atoms with Gasteiger partial charge in [-0.05, 0) is 37.0 Å². The third-order valence-electron chi connectivity index (χ3n) is 5.47. The molecule has 1 saturated carbocycles. The number of ether oxygens (including phenoxy) is 2. The Bertz CT molecular complexity index is 715. The van der Waals surface area contributed by atoms with Gasteiger partial charge in [0.05, 0.1) is 12.7 Å². The molecule has 166 valence electrons. The van der Waals surface area contributed by atoms with Crippen LogP contribution in [0.5, 0.6) is 0 Å². The van der Waals surface area contributed by atoms with Gasteiger partial charge in [-0.25, -0.2) is 9.59 Å². The fourth-order valence-corrected chi connectivity index (χ4v) is 3.62. The molecule has 0 bridgehead atoms. The number of nitrogens with one attached hydrogen (secondary N) is 1. The van der Waals surface area contributed by atoms with Crippen LogP contribution in [0.25, 0.3) is 0 Å². The summed E-state index contributed by atoms with van der Waals surface area (Å²) in [5, 5.41) is 12.7. The molecule has 0 saturated heterocycles. The van der Waals surface area contributed by atoms with Crippen LogP contribution in [0.3, 0.4) is 0 Å². The lowest BCUT2D eigenvalue weighted by molar-refractivity contribution is -0.149. The Labute approximate surface area is 177 Å². The summed E-state index contributed by atoms with van der Waals surface area (Å²) in [5.41, 5.74) is 7.10. The zero-order valence-electron chi connectivity index (χ0n) is 17.6. The Kier molecular flexibility index (Phi) is 9.26. The van der Waals surface area contributed by atoms with Gasteiger partial charge in [-0.2, -0.15) is 0 Å². The second-order valence-electron chi connectivity index (χ2n) is 7.87. The quantitative estimate of drug-likeness (QED) is 0.519. The third kappa shape index (κ3) is 7.11. The molecule has 0 aliphatic heterocycles. The van der Waals surface area contributed by atoms with E-state index in [1.54, 1.807) is 24.3 Å². The van der Waals surface area contributed by atoms with Crippen molar-refractivity contribution < 1.29 is 29.0 Å². The van der Waals surface area contributed by atoms with Crippen LogP contribution in [-0.2, 0) is 25.7 Å². The Hall–Kier alpha value is -2.45. The van der Waals surface area contributed by atoms with Gasteiger partial charge in [-0.3, -0.25) is 4.79 Å². The molecule has 4 N–H and O–H groups in total. The van der Waals surface area contributed by atoms with Crippen molar-refractivity contribution in [2.45, 2.75) is 70.2 Å². The first kappa shape index (κ1) is 23.8. The number of amides is 1. The zero-order valence-corrected chi connectivity index (χ0v) is 17.6. The van der Waals surface area contributed by atoms with E-state index in [0.29, 0.717) is 23.5 Å². The molecule has 1 aliphatic carbocycles. The van der Waals surface area contributed by atoms with Crippen molar-refractivity contribution >= 4 is 17.8 Å². The van der Waals surface area contributed by atoms with Crippen molar-refractivity contribution in [2.24, 2.45) is 11.7 Å². The van der Waals surface area contributed by atoms with E-state index in [9.17, 15) is 19.5 Å². The van der Waals surface area contributed by atoms with Crippen molar-refractivity contribution in [1.29, 1.82) is 0 Å². The van der Waals surface area contributed by atoms with Crippen molar-refractivity contribution in [3.63, 3.8) is 0 Å². The maximum atomic E-state index is 12.3. The van der Waals surface area contributed by atoms with Gasteiger partial charge >= 0.3 is 11.9 Å². The molecule has 8 nitrogen and oxygen atoms in total. The van der Waals surface area contributed by atoms with Crippen LogP contribution in [0.15, 0.2) is 24.3 Å². The lowest BCUT2D eigenvalue weighted by atomic mass is 9.84. The molecule has 1 unspecified atom stereocenters. The Morgan fingerprint density at radius 1 is 1.17 bits per heavy atom. The van der Waals surface area contributed by atoms with E-state index in [0.717, 1.165) is 25.7 Å². The molecule has 1 aromatic carbocycles. The molecule has 3 atom stereocenters. The monoisotopic (exact) mass is 420 g/mol. The summed E-state index contributed by atoms with van der Waals surface area (Å²) >= 11 is 0. The number of aliphatic hydroxyl groups excluding tert-OH is 1. The van der Waals surface area contributed by atoms with Gasteiger partial charge in [0.2, 0.25) is 0 Å². The molecule has 1 amide bonds. The first-order chi connectivity index (χ1) is 14.3. The van der Waals surface area contributed by atoms with Crippen molar-refractivity contribution in [1.82, 2.24) is 5.32 Å². The van der Waals surface area contributed by atoms with Crippen LogP contribution in [0, 0.1) is 5.92 Å². The molecule has 1 fully saturated rings. The second-order valence-corrected chi connectivity index (χ2v) is 7.87. The minimum Gasteiger partial charge on any atom is -0.465 e. The Balaban J connectivity index is 1.76. The molecule has 1 aliphatic rings. The van der Waals surface area contributed by atoms with Crippen LogP contribution >= 0.6 is 0 Å². The van der Waals surface area contributed by atoms with Gasteiger partial charge in [0, 0.05) is 6.04 Å². The lowest BCUT2D eigenvalue weighted by Gasteiger charge is -2.27. The highest BCUT2D eigenvalue weighted by Gasteiger charge is 2.28. The highest BCUT2D eigenvalue weighted by molar-refractivity contribution is 5.89. The molecular formula is C22H32N2O6. The molecule has 2 rings (SSSR count). The SMILES string of the molecule is COC(=O)c1ccc(COC(=O)[C@@H](C)NC(=O)C(O)[C@H](N)CC2CCCCC2)cc1. The Morgan fingerprint density at radius 3 is 2.40 bits per heavy atom. The van der Waals surface area contributed by atoms with Crippen LogP contribution in [0.4, 0.5) is 0 Å². The standard InChI is InChI=1S/C22H32N2O6/c1-14(21(27)30-13-16-8-10-17(11-9-16)22(28)29-2)24-20(26)19(25)18(23)12-15-6-4-3-5-7-15/h8-11,14-15,18-19,25H,3-7,12-13,23H2,1-2H3,(H,24,26)/t14-,18-,19?/m1/s1. The molecule has 0 radical (unpaired) electrons. The second kappa shape index (κ2) is 11.7. The van der Waals surface area contributed by atoms with Crippen LogP contribution in [0.2, 0.25) is 0 Å². The number of hydrogen-bond donors (Lipinski definition) is 3. The predicted octanol–water partition coefficient (Wildman–Crippen LogP) is 1.68. The number of rotatable bonds is 9. The van der Waals surface area contributed by atoms with E-state index in [1.807, 2.05) is 0 Å². The van der Waals surface area contributed by atoms with Crippen molar-refractivity contribution in [3.8, 4) is 0 Å². The molecule has 30 heavy (non-hydrogen) atoms. The fraction of sp³-hybridized carbons (Fsp3) is 0.591. The number of benzene rings is 1. The molecule has 8 heteroatoms. The van der Waals surface area contributed by atoms with E-state index in [2.05, 4.69) is 10.1 Å². The zero-order chi connectivity index (χ0) is 22.1. The smallest absolute Gasteiger partial charge is 0.337 e. The summed E-state index contributed by atoms with van der Waals surface area (Å²) < 4.78 is 9.82. The summed E-state index contributed by atoms with van der Waals surface area (Å²) in [6, 6.07) is 4.86. The first-order valence-corrected chi connectivity index (χ1v) is 10.4. The van der Waals surface area contributed by atoms with Crippen molar-refractivity contribution in [2.75, 3.05) is 7.11 Å². The number of aliphatic hydroxyl groups is 1. The van der Waals surface area contributed by atoms with Crippen LogP contribution in [0.1, 0.15) is 61.4 Å². The van der Waals surface area contributed by atoms with E-state index in [4.69, 9.17) is 10.5 Å². The average molecular weight is 421 g/mol. The molecule has 0 spiro atoms. The van der Waals surface area contributed by atoms with Crippen molar-refractivity contribution in [3.05, 3.63) is 35.4 Å².